The van der Waals surface area contributed by atoms with Crippen molar-refractivity contribution < 1.29 is 5.11 Å². The lowest BCUT2D eigenvalue weighted by atomic mass is 10.0. The fourth-order valence-electron chi connectivity index (χ4n) is 1.35. The molecule has 0 heterocycles. The normalized spacial score (nSPS) is 12.9. The van der Waals surface area contributed by atoms with Crippen molar-refractivity contribution in [2.45, 2.75) is 26.7 Å². The van der Waals surface area contributed by atoms with Gasteiger partial charge in [0.05, 0.1) is 0 Å². The molecule has 0 saturated heterocycles. The van der Waals surface area contributed by atoms with Crippen LogP contribution < -0.4 is 0 Å². The molecule has 0 radical (unpaired) electrons. The molecule has 0 saturated carbocycles. The number of hydrogen-bond acceptors (Lipinski definition) is 1. The monoisotopic (exact) mass is 212 g/mol. The van der Waals surface area contributed by atoms with Crippen molar-refractivity contribution in [3.63, 3.8) is 0 Å². The average molecular weight is 213 g/mol. The Morgan fingerprint density at radius 2 is 2.14 bits per heavy atom. The molecule has 0 aliphatic heterocycles. The van der Waals surface area contributed by atoms with Crippen LogP contribution in [0.3, 0.4) is 0 Å². The molecule has 1 aromatic rings. The lowest BCUT2D eigenvalue weighted by molar-refractivity contribution is 0.230. The molecule has 78 valence electrons. The molecular formula is C12H17ClO. The first-order valence-electron chi connectivity index (χ1n) is 4.99. The zero-order valence-corrected chi connectivity index (χ0v) is 9.51. The van der Waals surface area contributed by atoms with Gasteiger partial charge in [-0.1, -0.05) is 30.7 Å². The van der Waals surface area contributed by atoms with Gasteiger partial charge in [0.1, 0.15) is 0 Å². The number of aliphatic hydroxyl groups is 1. The summed E-state index contributed by atoms with van der Waals surface area (Å²) in [6.45, 7) is 4.33. The summed E-state index contributed by atoms with van der Waals surface area (Å²) in [7, 11) is 0. The number of aryl methyl sites for hydroxylation is 2. The Morgan fingerprint density at radius 1 is 1.43 bits per heavy atom. The number of benzene rings is 1. The van der Waals surface area contributed by atoms with Gasteiger partial charge in [0, 0.05) is 11.6 Å². The maximum atomic E-state index is 8.89. The van der Waals surface area contributed by atoms with E-state index in [1.807, 2.05) is 19.9 Å². The van der Waals surface area contributed by atoms with Crippen LogP contribution in [0.4, 0.5) is 0 Å². The van der Waals surface area contributed by atoms with Crippen LogP contribution in [0.5, 0.6) is 0 Å². The Kier molecular flexibility index (Phi) is 4.43. The van der Waals surface area contributed by atoms with E-state index >= 15 is 0 Å². The van der Waals surface area contributed by atoms with Crippen molar-refractivity contribution in [3.05, 3.63) is 34.3 Å². The predicted octanol–water partition coefficient (Wildman–Crippen LogP) is 3.21. The second kappa shape index (κ2) is 5.38. The van der Waals surface area contributed by atoms with E-state index in [0.717, 1.165) is 17.9 Å². The highest BCUT2D eigenvalue weighted by molar-refractivity contribution is 6.31. The smallest absolute Gasteiger partial charge is 0.0456 e. The van der Waals surface area contributed by atoms with Gasteiger partial charge < -0.3 is 5.11 Å². The van der Waals surface area contributed by atoms with Crippen molar-refractivity contribution >= 4 is 11.6 Å². The Bertz CT molecular complexity index is 296. The van der Waals surface area contributed by atoms with E-state index in [1.54, 1.807) is 0 Å². The van der Waals surface area contributed by atoms with Gasteiger partial charge in [-0.05, 0) is 42.9 Å². The molecule has 2 heteroatoms. The lowest BCUT2D eigenvalue weighted by Crippen LogP contribution is -2.02. The maximum Gasteiger partial charge on any atom is 0.0456 e. The summed E-state index contributed by atoms with van der Waals surface area (Å²) in [5.74, 6) is 0.354. The molecule has 0 aliphatic rings. The van der Waals surface area contributed by atoms with Gasteiger partial charge in [-0.2, -0.15) is 0 Å². The molecule has 0 bridgehead atoms. The molecule has 0 aromatic heterocycles. The summed E-state index contributed by atoms with van der Waals surface area (Å²) in [6, 6.07) is 6.13. The highest BCUT2D eigenvalue weighted by Crippen LogP contribution is 2.20. The van der Waals surface area contributed by atoms with Crippen molar-refractivity contribution in [2.24, 2.45) is 5.92 Å². The quantitative estimate of drug-likeness (QED) is 0.813. The molecule has 14 heavy (non-hydrogen) atoms. The molecule has 0 amide bonds. The Balaban J connectivity index is 2.59. The van der Waals surface area contributed by atoms with Crippen LogP contribution in [0.25, 0.3) is 0 Å². The number of aliphatic hydroxyl groups excluding tert-OH is 1. The Labute approximate surface area is 90.7 Å². The van der Waals surface area contributed by atoms with Gasteiger partial charge in [0.2, 0.25) is 0 Å². The minimum atomic E-state index is 0.253. The van der Waals surface area contributed by atoms with E-state index in [2.05, 4.69) is 12.1 Å². The first-order valence-corrected chi connectivity index (χ1v) is 5.37. The summed E-state index contributed by atoms with van der Waals surface area (Å²) in [6.07, 6.45) is 1.93. The first-order chi connectivity index (χ1) is 6.63. The summed E-state index contributed by atoms with van der Waals surface area (Å²) >= 11 is 6.09. The van der Waals surface area contributed by atoms with E-state index in [4.69, 9.17) is 16.7 Å². The van der Waals surface area contributed by atoms with E-state index < -0.39 is 0 Å². The van der Waals surface area contributed by atoms with Crippen LogP contribution in [-0.2, 0) is 6.42 Å². The average Bonchev–Trinajstić information content (AvgIpc) is 2.16. The summed E-state index contributed by atoms with van der Waals surface area (Å²) in [5, 5.41) is 9.74. The summed E-state index contributed by atoms with van der Waals surface area (Å²) < 4.78 is 0. The molecule has 1 rings (SSSR count). The molecular weight excluding hydrogens is 196 g/mol. The zero-order chi connectivity index (χ0) is 10.6. The van der Waals surface area contributed by atoms with Crippen LogP contribution in [0.2, 0.25) is 5.02 Å². The van der Waals surface area contributed by atoms with Crippen LogP contribution in [-0.4, -0.2) is 11.7 Å². The van der Waals surface area contributed by atoms with Crippen molar-refractivity contribution in [3.8, 4) is 0 Å². The number of hydrogen-bond donors (Lipinski definition) is 1. The van der Waals surface area contributed by atoms with Gasteiger partial charge in [0.15, 0.2) is 0 Å². The number of halogens is 1. The van der Waals surface area contributed by atoms with Crippen molar-refractivity contribution in [2.75, 3.05) is 6.61 Å². The van der Waals surface area contributed by atoms with Crippen LogP contribution in [0.1, 0.15) is 24.5 Å². The summed E-state index contributed by atoms with van der Waals surface area (Å²) in [4.78, 5) is 0. The molecule has 0 fully saturated rings. The molecule has 1 atom stereocenters. The number of rotatable bonds is 4. The van der Waals surface area contributed by atoms with Crippen molar-refractivity contribution in [1.29, 1.82) is 0 Å². The van der Waals surface area contributed by atoms with Gasteiger partial charge in [-0.25, -0.2) is 0 Å². The molecule has 0 aliphatic carbocycles. The molecule has 1 N–H and O–H groups in total. The second-order valence-corrected chi connectivity index (χ2v) is 4.33. The fourth-order valence-corrected chi connectivity index (χ4v) is 1.68. The van der Waals surface area contributed by atoms with Crippen molar-refractivity contribution in [1.82, 2.24) is 0 Å². The standard InChI is InChI=1S/C12H17ClO/c1-9-3-5-11(12(13)7-9)6-4-10(2)8-14/h3,5,7,10,14H,4,6,8H2,1-2H3. The minimum absolute atomic E-state index is 0.253. The molecule has 1 unspecified atom stereocenters. The van der Waals surface area contributed by atoms with Crippen LogP contribution in [0.15, 0.2) is 18.2 Å². The van der Waals surface area contributed by atoms with Crippen LogP contribution >= 0.6 is 11.6 Å². The highest BCUT2D eigenvalue weighted by Gasteiger charge is 2.04. The Hall–Kier alpha value is -0.530. The maximum absolute atomic E-state index is 8.89. The Morgan fingerprint density at radius 3 is 2.71 bits per heavy atom. The fraction of sp³-hybridized carbons (Fsp3) is 0.500. The third-order valence-corrected chi connectivity index (χ3v) is 2.78. The minimum Gasteiger partial charge on any atom is -0.396 e. The SMILES string of the molecule is Cc1ccc(CCC(C)CO)c(Cl)c1. The van der Waals surface area contributed by atoms with Crippen LogP contribution in [0, 0.1) is 12.8 Å². The summed E-state index contributed by atoms with van der Waals surface area (Å²) in [5.41, 5.74) is 2.37. The zero-order valence-electron chi connectivity index (χ0n) is 8.76. The lowest BCUT2D eigenvalue weighted by Gasteiger charge is -2.09. The predicted molar refractivity (Wildman–Crippen MR) is 60.8 cm³/mol. The van der Waals surface area contributed by atoms with E-state index in [-0.39, 0.29) is 6.61 Å². The third-order valence-electron chi connectivity index (χ3n) is 2.43. The topological polar surface area (TPSA) is 20.2 Å². The second-order valence-electron chi connectivity index (χ2n) is 3.92. The van der Waals surface area contributed by atoms with Gasteiger partial charge in [-0.15, -0.1) is 0 Å². The molecule has 1 nitrogen and oxygen atoms in total. The van der Waals surface area contributed by atoms with E-state index in [9.17, 15) is 0 Å². The van der Waals surface area contributed by atoms with Gasteiger partial charge in [0.25, 0.3) is 0 Å². The third kappa shape index (κ3) is 3.32. The first kappa shape index (κ1) is 11.5. The molecule has 1 aromatic carbocycles. The van der Waals surface area contributed by atoms with Gasteiger partial charge >= 0.3 is 0 Å². The largest absolute Gasteiger partial charge is 0.396 e. The van der Waals surface area contributed by atoms with E-state index in [0.29, 0.717) is 5.92 Å². The molecule has 0 spiro atoms. The van der Waals surface area contributed by atoms with E-state index in [1.165, 1.54) is 11.1 Å². The van der Waals surface area contributed by atoms with Gasteiger partial charge in [-0.3, -0.25) is 0 Å². The highest BCUT2D eigenvalue weighted by atomic mass is 35.5.